The van der Waals surface area contributed by atoms with Crippen molar-refractivity contribution in [3.8, 4) is 6.07 Å². The van der Waals surface area contributed by atoms with Crippen LogP contribution < -0.4 is 5.32 Å². The molecule has 0 spiro atoms. The standard InChI is InChI=1S/C13H18N4O/c1-12(2)10(7-13(12,3)18-4)17-11-9(8-14)15-5-6-16-11/h5-6,10H,7H2,1-4H3,(H,16,17). The minimum absolute atomic E-state index is 0.0218. The van der Waals surface area contributed by atoms with E-state index in [2.05, 4.69) is 36.1 Å². The van der Waals surface area contributed by atoms with Crippen LogP contribution in [0, 0.1) is 16.7 Å². The molecule has 2 atom stereocenters. The number of nitrogens with zero attached hydrogens (tertiary/aromatic N) is 3. The van der Waals surface area contributed by atoms with E-state index in [1.54, 1.807) is 13.3 Å². The Hall–Kier alpha value is -1.67. The molecule has 1 heterocycles. The first kappa shape index (κ1) is 12.8. The number of methoxy groups -OCH3 is 1. The van der Waals surface area contributed by atoms with E-state index < -0.39 is 0 Å². The highest BCUT2D eigenvalue weighted by atomic mass is 16.5. The second kappa shape index (κ2) is 4.21. The third-order valence-corrected chi connectivity index (χ3v) is 4.39. The molecule has 1 aromatic rings. The van der Waals surface area contributed by atoms with Crippen LogP contribution in [0.25, 0.3) is 0 Å². The minimum Gasteiger partial charge on any atom is -0.378 e. The van der Waals surface area contributed by atoms with Crippen molar-refractivity contribution in [1.29, 1.82) is 5.26 Å². The molecule has 1 fully saturated rings. The minimum atomic E-state index is -0.139. The molecule has 1 aromatic heterocycles. The molecule has 2 unspecified atom stereocenters. The van der Waals surface area contributed by atoms with Crippen LogP contribution in [-0.4, -0.2) is 28.7 Å². The lowest BCUT2D eigenvalue weighted by atomic mass is 9.56. The van der Waals surface area contributed by atoms with Gasteiger partial charge in [-0.1, -0.05) is 13.8 Å². The largest absolute Gasteiger partial charge is 0.378 e. The molecule has 0 amide bonds. The summed E-state index contributed by atoms with van der Waals surface area (Å²) in [6.07, 6.45) is 4.00. The highest BCUT2D eigenvalue weighted by Gasteiger charge is 2.57. The fraction of sp³-hybridized carbons (Fsp3) is 0.615. The van der Waals surface area contributed by atoms with Crippen molar-refractivity contribution < 1.29 is 4.74 Å². The van der Waals surface area contributed by atoms with Gasteiger partial charge in [-0.3, -0.25) is 0 Å². The van der Waals surface area contributed by atoms with Crippen LogP contribution in [0.15, 0.2) is 12.4 Å². The van der Waals surface area contributed by atoms with Gasteiger partial charge < -0.3 is 10.1 Å². The molecule has 5 nitrogen and oxygen atoms in total. The van der Waals surface area contributed by atoms with Crippen molar-refractivity contribution in [3.63, 3.8) is 0 Å². The van der Waals surface area contributed by atoms with Crippen molar-refractivity contribution in [1.82, 2.24) is 9.97 Å². The van der Waals surface area contributed by atoms with Gasteiger partial charge in [-0.25, -0.2) is 9.97 Å². The van der Waals surface area contributed by atoms with Gasteiger partial charge in [0.1, 0.15) is 6.07 Å². The molecule has 96 valence electrons. The van der Waals surface area contributed by atoms with Crippen LogP contribution in [0.1, 0.15) is 32.9 Å². The summed E-state index contributed by atoms with van der Waals surface area (Å²) in [5.74, 6) is 0.552. The summed E-state index contributed by atoms with van der Waals surface area (Å²) in [5.41, 5.74) is 0.172. The molecule has 0 aliphatic heterocycles. The van der Waals surface area contributed by atoms with Crippen LogP contribution in [0.5, 0.6) is 0 Å². The average Bonchev–Trinajstić information content (AvgIpc) is 2.38. The van der Waals surface area contributed by atoms with Crippen LogP contribution >= 0.6 is 0 Å². The lowest BCUT2D eigenvalue weighted by Crippen LogP contribution is -2.65. The van der Waals surface area contributed by atoms with E-state index in [0.717, 1.165) is 6.42 Å². The fourth-order valence-corrected chi connectivity index (χ4v) is 2.41. The zero-order chi connectivity index (χ0) is 13.4. The van der Waals surface area contributed by atoms with Crippen LogP contribution in [0.3, 0.4) is 0 Å². The summed E-state index contributed by atoms with van der Waals surface area (Å²) in [4.78, 5) is 8.17. The predicted octanol–water partition coefficient (Wildman–Crippen LogP) is 1.96. The highest BCUT2D eigenvalue weighted by molar-refractivity contribution is 5.48. The Bertz CT molecular complexity index is 494. The van der Waals surface area contributed by atoms with E-state index in [-0.39, 0.29) is 17.1 Å². The summed E-state index contributed by atoms with van der Waals surface area (Å²) in [5, 5.41) is 12.3. The molecule has 1 saturated carbocycles. The Morgan fingerprint density at radius 1 is 1.39 bits per heavy atom. The van der Waals surface area contributed by atoms with E-state index in [4.69, 9.17) is 10.00 Å². The topological polar surface area (TPSA) is 70.8 Å². The molecule has 0 aromatic carbocycles. The first-order valence-electron chi connectivity index (χ1n) is 5.97. The van der Waals surface area contributed by atoms with Gasteiger partial charge in [0.25, 0.3) is 0 Å². The number of hydrogen-bond acceptors (Lipinski definition) is 5. The van der Waals surface area contributed by atoms with Crippen molar-refractivity contribution >= 4 is 5.82 Å². The van der Waals surface area contributed by atoms with E-state index >= 15 is 0 Å². The van der Waals surface area contributed by atoms with Crippen molar-refractivity contribution in [2.75, 3.05) is 12.4 Å². The number of nitriles is 1. The first-order chi connectivity index (χ1) is 8.44. The maximum atomic E-state index is 8.98. The molecule has 1 aliphatic rings. The van der Waals surface area contributed by atoms with Crippen LogP contribution in [-0.2, 0) is 4.74 Å². The molecule has 0 saturated heterocycles. The average molecular weight is 246 g/mol. The van der Waals surface area contributed by atoms with Crippen LogP contribution in [0.4, 0.5) is 5.82 Å². The van der Waals surface area contributed by atoms with Crippen molar-refractivity contribution in [2.45, 2.75) is 38.8 Å². The maximum absolute atomic E-state index is 8.98. The molecule has 0 radical (unpaired) electrons. The molecule has 1 aliphatic carbocycles. The zero-order valence-corrected chi connectivity index (χ0v) is 11.2. The van der Waals surface area contributed by atoms with Crippen molar-refractivity contribution in [3.05, 3.63) is 18.1 Å². The Balaban J connectivity index is 2.16. The summed E-state index contributed by atoms with van der Waals surface area (Å²) in [6.45, 7) is 6.41. The first-order valence-corrected chi connectivity index (χ1v) is 5.97. The summed E-state index contributed by atoms with van der Waals surface area (Å²) in [7, 11) is 1.74. The van der Waals surface area contributed by atoms with Gasteiger partial charge in [0.05, 0.1) is 5.60 Å². The monoisotopic (exact) mass is 246 g/mol. The Morgan fingerprint density at radius 3 is 2.61 bits per heavy atom. The second-order valence-corrected chi connectivity index (χ2v) is 5.42. The third kappa shape index (κ3) is 1.73. The Kier molecular flexibility index (Phi) is 2.99. The van der Waals surface area contributed by atoms with E-state index in [1.807, 2.05) is 6.07 Å². The van der Waals surface area contributed by atoms with Gasteiger partial charge in [-0.05, 0) is 13.3 Å². The fourth-order valence-electron chi connectivity index (χ4n) is 2.41. The lowest BCUT2D eigenvalue weighted by Gasteiger charge is -2.59. The number of anilines is 1. The molecule has 5 heteroatoms. The number of hydrogen-bond donors (Lipinski definition) is 1. The number of rotatable bonds is 3. The zero-order valence-electron chi connectivity index (χ0n) is 11.2. The smallest absolute Gasteiger partial charge is 0.182 e. The SMILES string of the molecule is COC1(C)CC(Nc2nccnc2C#N)C1(C)C. The van der Waals surface area contributed by atoms with Gasteiger partial charge in [-0.15, -0.1) is 0 Å². The van der Waals surface area contributed by atoms with Gasteiger partial charge in [0.2, 0.25) is 0 Å². The van der Waals surface area contributed by atoms with Gasteiger partial charge in [0.15, 0.2) is 11.5 Å². The van der Waals surface area contributed by atoms with Gasteiger partial charge in [0, 0.05) is 31.0 Å². The van der Waals surface area contributed by atoms with E-state index in [0.29, 0.717) is 11.5 Å². The molecular weight excluding hydrogens is 228 g/mol. The molecular formula is C13H18N4O. The van der Waals surface area contributed by atoms with Gasteiger partial charge >= 0.3 is 0 Å². The van der Waals surface area contributed by atoms with E-state index in [1.165, 1.54) is 6.20 Å². The number of ether oxygens (including phenoxy) is 1. The predicted molar refractivity (Wildman–Crippen MR) is 68.0 cm³/mol. The second-order valence-electron chi connectivity index (χ2n) is 5.42. The normalized spacial score (nSPS) is 29.2. The Morgan fingerprint density at radius 2 is 2.06 bits per heavy atom. The van der Waals surface area contributed by atoms with Gasteiger partial charge in [-0.2, -0.15) is 5.26 Å². The summed E-state index contributed by atoms with van der Waals surface area (Å²) >= 11 is 0. The highest BCUT2D eigenvalue weighted by Crippen LogP contribution is 2.52. The maximum Gasteiger partial charge on any atom is 0.182 e. The quantitative estimate of drug-likeness (QED) is 0.882. The van der Waals surface area contributed by atoms with Crippen LogP contribution in [0.2, 0.25) is 0 Å². The Labute approximate surface area is 107 Å². The molecule has 0 bridgehead atoms. The number of nitrogens with one attached hydrogen (secondary N) is 1. The van der Waals surface area contributed by atoms with E-state index in [9.17, 15) is 0 Å². The lowest BCUT2D eigenvalue weighted by molar-refractivity contribution is -0.166. The van der Waals surface area contributed by atoms with Crippen molar-refractivity contribution in [2.24, 2.45) is 5.41 Å². The summed E-state index contributed by atoms with van der Waals surface area (Å²) < 4.78 is 5.57. The number of aromatic nitrogens is 2. The molecule has 18 heavy (non-hydrogen) atoms. The third-order valence-electron chi connectivity index (χ3n) is 4.39. The molecule has 2 rings (SSSR count). The molecule has 1 N–H and O–H groups in total. The summed E-state index contributed by atoms with van der Waals surface area (Å²) in [6, 6.07) is 2.27.